The molecule has 3 nitrogen and oxygen atoms in total. The fourth-order valence-corrected chi connectivity index (χ4v) is 3.85. The SMILES string of the molecule is CC(C)c1cc(Oc2ccccc2)cc(C2CCCCC2)c1N=C=NC(C)(C)C. The quantitative estimate of drug-likeness (QED) is 0.473. The van der Waals surface area contributed by atoms with Gasteiger partial charge >= 0.3 is 0 Å². The molecule has 1 saturated carbocycles. The molecule has 154 valence electrons. The zero-order valence-electron chi connectivity index (χ0n) is 18.5. The zero-order valence-corrected chi connectivity index (χ0v) is 18.5. The second-order valence-electron chi connectivity index (χ2n) is 9.35. The van der Waals surface area contributed by atoms with Gasteiger partial charge in [-0.25, -0.2) is 4.99 Å². The van der Waals surface area contributed by atoms with E-state index in [1.54, 1.807) is 0 Å². The van der Waals surface area contributed by atoms with Crippen LogP contribution >= 0.6 is 0 Å². The van der Waals surface area contributed by atoms with E-state index < -0.39 is 0 Å². The Hall–Kier alpha value is -2.38. The second kappa shape index (κ2) is 9.41. The molecule has 2 aromatic carbocycles. The van der Waals surface area contributed by atoms with Crippen LogP contribution in [0.3, 0.4) is 0 Å². The number of hydrogen-bond donors (Lipinski definition) is 0. The van der Waals surface area contributed by atoms with Crippen LogP contribution < -0.4 is 4.74 Å². The van der Waals surface area contributed by atoms with Crippen LogP contribution in [0.1, 0.15) is 89.7 Å². The lowest BCUT2D eigenvalue weighted by atomic mass is 9.81. The molecule has 0 bridgehead atoms. The smallest absolute Gasteiger partial charge is 0.128 e. The van der Waals surface area contributed by atoms with Crippen LogP contribution in [0.25, 0.3) is 0 Å². The average molecular weight is 391 g/mol. The van der Waals surface area contributed by atoms with Crippen LogP contribution in [-0.4, -0.2) is 11.5 Å². The second-order valence-corrected chi connectivity index (χ2v) is 9.35. The van der Waals surface area contributed by atoms with Gasteiger partial charge in [-0.2, -0.15) is 4.99 Å². The number of ether oxygens (including phenoxy) is 1. The van der Waals surface area contributed by atoms with Gasteiger partial charge in [0.25, 0.3) is 0 Å². The molecule has 29 heavy (non-hydrogen) atoms. The Labute approximate surface area is 175 Å². The summed E-state index contributed by atoms with van der Waals surface area (Å²) in [5.74, 6) is 2.62. The minimum Gasteiger partial charge on any atom is -0.457 e. The van der Waals surface area contributed by atoms with Crippen molar-refractivity contribution in [2.45, 2.75) is 84.1 Å². The van der Waals surface area contributed by atoms with Crippen molar-refractivity contribution in [1.82, 2.24) is 0 Å². The lowest BCUT2D eigenvalue weighted by molar-refractivity contribution is 0.439. The molecule has 0 radical (unpaired) electrons. The molecule has 0 N–H and O–H groups in total. The van der Waals surface area contributed by atoms with Crippen molar-refractivity contribution < 1.29 is 4.74 Å². The van der Waals surface area contributed by atoms with Crippen LogP contribution in [0, 0.1) is 0 Å². The number of benzene rings is 2. The van der Waals surface area contributed by atoms with E-state index in [1.807, 2.05) is 30.3 Å². The predicted molar refractivity (Wildman–Crippen MR) is 122 cm³/mol. The summed E-state index contributed by atoms with van der Waals surface area (Å²) in [7, 11) is 0. The molecule has 2 aromatic rings. The van der Waals surface area contributed by atoms with Gasteiger partial charge in [0.1, 0.15) is 11.5 Å². The van der Waals surface area contributed by atoms with Crippen molar-refractivity contribution in [2.75, 3.05) is 0 Å². The minimum atomic E-state index is -0.178. The molecule has 0 atom stereocenters. The topological polar surface area (TPSA) is 34.0 Å². The highest BCUT2D eigenvalue weighted by Crippen LogP contribution is 2.44. The fraction of sp³-hybridized carbons (Fsp3) is 0.500. The normalized spacial score (nSPS) is 15.1. The van der Waals surface area contributed by atoms with E-state index in [0.29, 0.717) is 11.8 Å². The monoisotopic (exact) mass is 390 g/mol. The first kappa shape index (κ1) is 21.3. The maximum atomic E-state index is 6.23. The van der Waals surface area contributed by atoms with Gasteiger partial charge in [-0.3, -0.25) is 0 Å². The average Bonchev–Trinajstić information content (AvgIpc) is 2.69. The number of nitrogens with zero attached hydrogens (tertiary/aromatic N) is 2. The van der Waals surface area contributed by atoms with E-state index in [1.165, 1.54) is 43.2 Å². The van der Waals surface area contributed by atoms with Gasteiger partial charge < -0.3 is 4.74 Å². The van der Waals surface area contributed by atoms with Crippen LogP contribution in [0.15, 0.2) is 52.4 Å². The van der Waals surface area contributed by atoms with Gasteiger partial charge in [-0.05, 0) is 80.8 Å². The van der Waals surface area contributed by atoms with Crippen molar-refractivity contribution >= 4 is 11.7 Å². The number of para-hydroxylation sites is 1. The lowest BCUT2D eigenvalue weighted by Gasteiger charge is -2.25. The molecular formula is C26H34N2O. The van der Waals surface area contributed by atoms with Crippen LogP contribution in [0.5, 0.6) is 11.5 Å². The van der Waals surface area contributed by atoms with Crippen molar-refractivity contribution in [3.8, 4) is 11.5 Å². The summed E-state index contributed by atoms with van der Waals surface area (Å²) in [6.07, 6.45) is 6.32. The highest BCUT2D eigenvalue weighted by atomic mass is 16.5. The summed E-state index contributed by atoms with van der Waals surface area (Å²) in [6, 6.07) is 17.3. The Morgan fingerprint density at radius 1 is 0.966 bits per heavy atom. The van der Waals surface area contributed by atoms with Gasteiger partial charge in [0.2, 0.25) is 0 Å². The third-order valence-electron chi connectivity index (χ3n) is 5.34. The molecule has 0 aromatic heterocycles. The van der Waals surface area contributed by atoms with E-state index in [0.717, 1.165) is 17.2 Å². The van der Waals surface area contributed by atoms with Crippen LogP contribution in [0.2, 0.25) is 0 Å². The summed E-state index contributed by atoms with van der Waals surface area (Å²) in [5, 5.41) is 0. The Kier molecular flexibility index (Phi) is 6.92. The van der Waals surface area contributed by atoms with E-state index >= 15 is 0 Å². The van der Waals surface area contributed by atoms with E-state index in [4.69, 9.17) is 9.73 Å². The molecule has 1 aliphatic carbocycles. The van der Waals surface area contributed by atoms with E-state index in [9.17, 15) is 0 Å². The summed E-state index contributed by atoms with van der Waals surface area (Å²) in [6.45, 7) is 10.6. The lowest BCUT2D eigenvalue weighted by Crippen LogP contribution is -2.08. The molecule has 1 fully saturated rings. The Bertz CT molecular complexity index is 866. The third-order valence-corrected chi connectivity index (χ3v) is 5.34. The molecule has 0 amide bonds. The van der Waals surface area contributed by atoms with Crippen molar-refractivity contribution in [2.24, 2.45) is 9.98 Å². The largest absolute Gasteiger partial charge is 0.457 e. The molecule has 3 rings (SSSR count). The first-order valence-electron chi connectivity index (χ1n) is 10.9. The Morgan fingerprint density at radius 2 is 1.66 bits per heavy atom. The molecule has 3 heteroatoms. The molecule has 0 saturated heterocycles. The number of hydrogen-bond acceptors (Lipinski definition) is 3. The molecule has 0 spiro atoms. The van der Waals surface area contributed by atoms with Gasteiger partial charge in [-0.15, -0.1) is 0 Å². The van der Waals surface area contributed by atoms with Crippen LogP contribution in [-0.2, 0) is 0 Å². The summed E-state index contributed by atoms with van der Waals surface area (Å²) in [5.41, 5.74) is 3.36. The summed E-state index contributed by atoms with van der Waals surface area (Å²) >= 11 is 0. The van der Waals surface area contributed by atoms with Gasteiger partial charge in [0.05, 0.1) is 17.2 Å². The fourth-order valence-electron chi connectivity index (χ4n) is 3.85. The maximum absolute atomic E-state index is 6.23. The number of aliphatic imine (C=N–C) groups is 2. The summed E-state index contributed by atoms with van der Waals surface area (Å²) in [4.78, 5) is 9.24. The van der Waals surface area contributed by atoms with Gasteiger partial charge in [-0.1, -0.05) is 51.3 Å². The van der Waals surface area contributed by atoms with Gasteiger partial charge in [0.15, 0.2) is 0 Å². The minimum absolute atomic E-state index is 0.178. The molecular weight excluding hydrogens is 356 g/mol. The Morgan fingerprint density at radius 3 is 2.28 bits per heavy atom. The number of rotatable bonds is 5. The van der Waals surface area contributed by atoms with Crippen molar-refractivity contribution in [1.29, 1.82) is 0 Å². The third kappa shape index (κ3) is 6.05. The Balaban J connectivity index is 2.09. The van der Waals surface area contributed by atoms with Gasteiger partial charge in [0, 0.05) is 0 Å². The summed E-state index contributed by atoms with van der Waals surface area (Å²) < 4.78 is 6.23. The molecule has 1 aliphatic rings. The molecule has 0 heterocycles. The van der Waals surface area contributed by atoms with Crippen molar-refractivity contribution in [3.05, 3.63) is 53.6 Å². The first-order valence-corrected chi connectivity index (χ1v) is 10.9. The molecule has 0 unspecified atom stereocenters. The zero-order chi connectivity index (χ0) is 20.9. The van der Waals surface area contributed by atoms with E-state index in [-0.39, 0.29) is 5.54 Å². The standard InChI is InChI=1S/C26H34N2O/c1-19(2)23-16-22(29-21-14-10-7-11-15-21)17-24(20-12-8-6-9-13-20)25(23)27-18-28-26(3,4)5/h7,10-11,14-17,19-20H,6,8-9,12-13H2,1-5H3. The highest BCUT2D eigenvalue weighted by Gasteiger charge is 2.23. The van der Waals surface area contributed by atoms with Crippen LogP contribution in [0.4, 0.5) is 5.69 Å². The van der Waals surface area contributed by atoms with Crippen molar-refractivity contribution in [3.63, 3.8) is 0 Å². The first-order chi connectivity index (χ1) is 13.8. The molecule has 0 aliphatic heterocycles. The maximum Gasteiger partial charge on any atom is 0.128 e. The highest BCUT2D eigenvalue weighted by molar-refractivity contribution is 5.65. The van der Waals surface area contributed by atoms with E-state index in [2.05, 4.69) is 57.8 Å². The predicted octanol–water partition coefficient (Wildman–Crippen LogP) is 8.25.